The fraction of sp³-hybridized carbons (Fsp3) is 0.588. The molecule has 0 aliphatic rings. The number of rotatable bonds is 9. The highest BCUT2D eigenvalue weighted by atomic mass is 35.5. The lowest BCUT2D eigenvalue weighted by molar-refractivity contribution is -0.146. The van der Waals surface area contributed by atoms with Gasteiger partial charge < -0.3 is 15.2 Å². The van der Waals surface area contributed by atoms with Crippen LogP contribution in [-0.4, -0.2) is 19.6 Å². The van der Waals surface area contributed by atoms with Crippen LogP contribution in [0.15, 0.2) is 24.3 Å². The number of hydrogen-bond acceptors (Lipinski definition) is 4. The fourth-order valence-electron chi connectivity index (χ4n) is 2.36. The largest absolute Gasteiger partial charge is 0.461 e. The summed E-state index contributed by atoms with van der Waals surface area (Å²) >= 11 is 0. The molecular weight excluding hydrogens is 302 g/mol. The summed E-state index contributed by atoms with van der Waals surface area (Å²) in [5, 5.41) is 0. The molecule has 22 heavy (non-hydrogen) atoms. The van der Waals surface area contributed by atoms with Crippen LogP contribution in [-0.2, 0) is 27.5 Å². The molecular formula is C17H28ClNO3. The third-order valence-electron chi connectivity index (χ3n) is 3.30. The van der Waals surface area contributed by atoms with Crippen LogP contribution in [0.1, 0.15) is 37.8 Å². The molecule has 1 aromatic carbocycles. The van der Waals surface area contributed by atoms with Gasteiger partial charge in [-0.1, -0.05) is 38.1 Å². The minimum Gasteiger partial charge on any atom is -0.461 e. The highest BCUT2D eigenvalue weighted by molar-refractivity contribution is 5.85. The lowest BCUT2D eigenvalue weighted by Gasteiger charge is -2.16. The summed E-state index contributed by atoms with van der Waals surface area (Å²) in [5.41, 5.74) is 7.76. The van der Waals surface area contributed by atoms with Gasteiger partial charge >= 0.3 is 5.97 Å². The third-order valence-corrected chi connectivity index (χ3v) is 3.30. The van der Waals surface area contributed by atoms with Gasteiger partial charge in [0.2, 0.25) is 0 Å². The molecule has 0 heterocycles. The van der Waals surface area contributed by atoms with Crippen molar-refractivity contribution in [3.63, 3.8) is 0 Å². The molecule has 5 heteroatoms. The molecule has 1 rings (SSSR count). The Kier molecular flexibility index (Phi) is 10.9. The standard InChI is InChI=1S/C17H27NO3.ClH/c1-13(2)7-16(10-18)9-17(19)21-12-15-6-4-5-14(8-15)11-20-3;/h4-6,8,13,16H,7,9-12,18H2,1-3H3;1H/t16-;/m0./s1. The molecule has 1 aromatic rings. The molecule has 0 spiro atoms. The van der Waals surface area contributed by atoms with Crippen molar-refractivity contribution in [3.8, 4) is 0 Å². The predicted octanol–water partition coefficient (Wildman–Crippen LogP) is 3.31. The zero-order valence-corrected chi connectivity index (χ0v) is 14.5. The first-order valence-corrected chi connectivity index (χ1v) is 7.47. The van der Waals surface area contributed by atoms with Crippen molar-refractivity contribution in [2.45, 2.75) is 39.9 Å². The van der Waals surface area contributed by atoms with E-state index in [0.29, 0.717) is 32.1 Å². The smallest absolute Gasteiger partial charge is 0.306 e. The molecule has 0 saturated carbocycles. The molecule has 0 aliphatic heterocycles. The van der Waals surface area contributed by atoms with Gasteiger partial charge in [0.1, 0.15) is 6.61 Å². The van der Waals surface area contributed by atoms with Crippen molar-refractivity contribution in [1.82, 2.24) is 0 Å². The number of ether oxygens (including phenoxy) is 2. The Morgan fingerprint density at radius 3 is 2.41 bits per heavy atom. The predicted molar refractivity (Wildman–Crippen MR) is 90.8 cm³/mol. The molecule has 2 N–H and O–H groups in total. The van der Waals surface area contributed by atoms with Gasteiger partial charge in [0.05, 0.1) is 6.61 Å². The molecule has 0 fully saturated rings. The number of carbonyl (C=O) groups excluding carboxylic acids is 1. The number of hydrogen-bond donors (Lipinski definition) is 1. The van der Waals surface area contributed by atoms with Gasteiger partial charge in [-0.2, -0.15) is 0 Å². The average Bonchev–Trinajstić information content (AvgIpc) is 2.45. The molecule has 0 aromatic heterocycles. The lowest BCUT2D eigenvalue weighted by Crippen LogP contribution is -2.21. The third kappa shape index (κ3) is 8.37. The van der Waals surface area contributed by atoms with Crippen LogP contribution in [0.25, 0.3) is 0 Å². The fourth-order valence-corrected chi connectivity index (χ4v) is 2.36. The molecule has 0 unspecified atom stereocenters. The molecule has 126 valence electrons. The molecule has 0 bridgehead atoms. The van der Waals surface area contributed by atoms with E-state index in [9.17, 15) is 4.79 Å². The minimum absolute atomic E-state index is 0. The second-order valence-electron chi connectivity index (χ2n) is 5.85. The zero-order chi connectivity index (χ0) is 15.7. The van der Waals surface area contributed by atoms with E-state index in [1.54, 1.807) is 7.11 Å². The quantitative estimate of drug-likeness (QED) is 0.706. The summed E-state index contributed by atoms with van der Waals surface area (Å²) in [4.78, 5) is 11.9. The van der Waals surface area contributed by atoms with Gasteiger partial charge in [-0.25, -0.2) is 0 Å². The number of carbonyl (C=O) groups is 1. The molecule has 4 nitrogen and oxygen atoms in total. The number of methoxy groups -OCH3 is 1. The van der Waals surface area contributed by atoms with Crippen LogP contribution in [0.2, 0.25) is 0 Å². The van der Waals surface area contributed by atoms with Gasteiger partial charge in [0.25, 0.3) is 0 Å². The van der Waals surface area contributed by atoms with Crippen LogP contribution in [0, 0.1) is 11.8 Å². The first-order chi connectivity index (χ1) is 10.0. The van der Waals surface area contributed by atoms with Crippen LogP contribution in [0.5, 0.6) is 0 Å². The topological polar surface area (TPSA) is 61.5 Å². The molecule has 0 radical (unpaired) electrons. The van der Waals surface area contributed by atoms with Crippen molar-refractivity contribution in [1.29, 1.82) is 0 Å². The van der Waals surface area contributed by atoms with Crippen molar-refractivity contribution in [2.24, 2.45) is 17.6 Å². The van der Waals surface area contributed by atoms with Crippen LogP contribution in [0.4, 0.5) is 0 Å². The number of benzene rings is 1. The SMILES string of the molecule is COCc1cccc(COC(=O)C[C@@H](CN)CC(C)C)c1.Cl. The summed E-state index contributed by atoms with van der Waals surface area (Å²) in [6.07, 6.45) is 1.35. The monoisotopic (exact) mass is 329 g/mol. The lowest BCUT2D eigenvalue weighted by atomic mass is 9.94. The van der Waals surface area contributed by atoms with E-state index < -0.39 is 0 Å². The summed E-state index contributed by atoms with van der Waals surface area (Å²) in [5.74, 6) is 0.567. The summed E-state index contributed by atoms with van der Waals surface area (Å²) in [7, 11) is 1.66. The number of halogens is 1. The van der Waals surface area contributed by atoms with Gasteiger partial charge in [-0.05, 0) is 35.9 Å². The number of esters is 1. The van der Waals surface area contributed by atoms with Crippen molar-refractivity contribution < 1.29 is 14.3 Å². The highest BCUT2D eigenvalue weighted by Crippen LogP contribution is 2.15. The Labute approximate surface area is 139 Å². The van der Waals surface area contributed by atoms with Crippen molar-refractivity contribution in [3.05, 3.63) is 35.4 Å². The minimum atomic E-state index is -0.178. The molecule has 1 atom stereocenters. The van der Waals surface area contributed by atoms with Gasteiger partial charge in [-0.3, -0.25) is 4.79 Å². The van der Waals surface area contributed by atoms with E-state index in [0.717, 1.165) is 17.5 Å². The van der Waals surface area contributed by atoms with E-state index in [1.165, 1.54) is 0 Å². The van der Waals surface area contributed by atoms with Crippen molar-refractivity contribution >= 4 is 18.4 Å². The Hall–Kier alpha value is -1.10. The van der Waals surface area contributed by atoms with E-state index in [-0.39, 0.29) is 24.3 Å². The Bertz CT molecular complexity index is 438. The second-order valence-corrected chi connectivity index (χ2v) is 5.85. The van der Waals surface area contributed by atoms with Crippen LogP contribution >= 0.6 is 12.4 Å². The van der Waals surface area contributed by atoms with Crippen molar-refractivity contribution in [2.75, 3.05) is 13.7 Å². The zero-order valence-electron chi connectivity index (χ0n) is 13.7. The molecule has 0 amide bonds. The van der Waals surface area contributed by atoms with Crippen LogP contribution in [0.3, 0.4) is 0 Å². The maximum Gasteiger partial charge on any atom is 0.306 e. The maximum atomic E-state index is 11.9. The van der Waals surface area contributed by atoms with Gasteiger partial charge in [0, 0.05) is 13.5 Å². The van der Waals surface area contributed by atoms with Gasteiger partial charge in [-0.15, -0.1) is 12.4 Å². The molecule has 0 saturated heterocycles. The Balaban J connectivity index is 0.00000441. The second kappa shape index (κ2) is 11.5. The average molecular weight is 330 g/mol. The van der Waals surface area contributed by atoms with E-state index in [4.69, 9.17) is 15.2 Å². The van der Waals surface area contributed by atoms with Gasteiger partial charge in [0.15, 0.2) is 0 Å². The first-order valence-electron chi connectivity index (χ1n) is 7.47. The van der Waals surface area contributed by atoms with E-state index in [2.05, 4.69) is 13.8 Å². The van der Waals surface area contributed by atoms with Crippen LogP contribution < -0.4 is 5.73 Å². The Morgan fingerprint density at radius 2 is 1.86 bits per heavy atom. The summed E-state index contributed by atoms with van der Waals surface area (Å²) in [6, 6.07) is 7.87. The maximum absolute atomic E-state index is 11.9. The molecule has 0 aliphatic carbocycles. The summed E-state index contributed by atoms with van der Waals surface area (Å²) in [6.45, 7) is 5.65. The normalized spacial score (nSPS) is 11.9. The van der Waals surface area contributed by atoms with E-state index in [1.807, 2.05) is 24.3 Å². The number of nitrogens with two attached hydrogens (primary N) is 1. The van der Waals surface area contributed by atoms with E-state index >= 15 is 0 Å². The first kappa shape index (κ1) is 20.9. The Morgan fingerprint density at radius 1 is 1.23 bits per heavy atom. The summed E-state index contributed by atoms with van der Waals surface area (Å²) < 4.78 is 10.4. The highest BCUT2D eigenvalue weighted by Gasteiger charge is 2.15.